The molecule has 3 heteroatoms. The Kier molecular flexibility index (Phi) is 3.53. The van der Waals surface area contributed by atoms with Crippen molar-refractivity contribution >= 4 is 5.69 Å². The summed E-state index contributed by atoms with van der Waals surface area (Å²) in [7, 11) is 0. The molecule has 1 aliphatic rings. The van der Waals surface area contributed by atoms with Gasteiger partial charge >= 0.3 is 0 Å². The van der Waals surface area contributed by atoms with E-state index in [9.17, 15) is 0 Å². The second-order valence-electron chi connectivity index (χ2n) is 5.56. The van der Waals surface area contributed by atoms with E-state index in [0.717, 1.165) is 11.6 Å². The Hall–Kier alpha value is -1.77. The maximum absolute atomic E-state index is 4.01. The largest absolute Gasteiger partial charge is 0.382 e. The average Bonchev–Trinajstić information content (AvgIpc) is 2.96. The second kappa shape index (κ2) is 5.47. The summed E-state index contributed by atoms with van der Waals surface area (Å²) in [5.41, 5.74) is 3.47. The number of hydrogen-bond donors (Lipinski definition) is 2. The van der Waals surface area contributed by atoms with Crippen molar-refractivity contribution in [1.29, 1.82) is 0 Å². The van der Waals surface area contributed by atoms with E-state index in [1.807, 2.05) is 6.07 Å². The lowest BCUT2D eigenvalue weighted by molar-refractivity contribution is 0.349. The fourth-order valence-corrected chi connectivity index (χ4v) is 2.94. The van der Waals surface area contributed by atoms with Crippen molar-refractivity contribution in [2.45, 2.75) is 38.6 Å². The van der Waals surface area contributed by atoms with Crippen molar-refractivity contribution in [1.82, 2.24) is 10.2 Å². The number of nitrogens with zero attached hydrogens (tertiary/aromatic N) is 1. The fraction of sp³-hybridized carbons (Fsp3) is 0.438. The number of rotatable bonds is 3. The Bertz CT molecular complexity index is 519. The van der Waals surface area contributed by atoms with Crippen LogP contribution in [-0.2, 0) is 0 Å². The van der Waals surface area contributed by atoms with Gasteiger partial charge in [-0.25, -0.2) is 0 Å². The average molecular weight is 255 g/mol. The number of aromatic amines is 1. The highest BCUT2D eigenvalue weighted by Gasteiger charge is 2.20. The molecule has 0 radical (unpaired) electrons. The van der Waals surface area contributed by atoms with Crippen molar-refractivity contribution in [2.24, 2.45) is 5.92 Å². The standard InChI is InChI=1S/C16H21N3/c1-12-5-2-3-8-15(12)18-14-7-4-6-13(11-14)16-9-10-17-19-16/h4,6-7,9-12,15,18H,2-3,5,8H2,1H3,(H,17,19). The minimum absolute atomic E-state index is 0.616. The highest BCUT2D eigenvalue weighted by atomic mass is 15.1. The highest BCUT2D eigenvalue weighted by molar-refractivity contribution is 5.64. The van der Waals surface area contributed by atoms with E-state index in [-0.39, 0.29) is 0 Å². The van der Waals surface area contributed by atoms with E-state index in [1.54, 1.807) is 6.20 Å². The Labute approximate surface area is 114 Å². The van der Waals surface area contributed by atoms with Crippen molar-refractivity contribution < 1.29 is 0 Å². The number of H-pyrrole nitrogens is 1. The van der Waals surface area contributed by atoms with Gasteiger partial charge in [0, 0.05) is 23.5 Å². The van der Waals surface area contributed by atoms with Gasteiger partial charge in [-0.1, -0.05) is 31.9 Å². The molecule has 0 saturated heterocycles. The SMILES string of the molecule is CC1CCCCC1Nc1cccc(-c2ccn[nH]2)c1. The van der Waals surface area contributed by atoms with Crippen molar-refractivity contribution in [2.75, 3.05) is 5.32 Å². The Morgan fingerprint density at radius 3 is 2.89 bits per heavy atom. The van der Waals surface area contributed by atoms with E-state index in [0.29, 0.717) is 6.04 Å². The van der Waals surface area contributed by atoms with E-state index in [1.165, 1.54) is 36.9 Å². The third-order valence-electron chi connectivity index (χ3n) is 4.14. The normalized spacial score (nSPS) is 23.2. The maximum atomic E-state index is 4.01. The Morgan fingerprint density at radius 1 is 1.21 bits per heavy atom. The molecular weight excluding hydrogens is 234 g/mol. The lowest BCUT2D eigenvalue weighted by Crippen LogP contribution is -2.30. The summed E-state index contributed by atoms with van der Waals surface area (Å²) >= 11 is 0. The van der Waals surface area contributed by atoms with E-state index in [4.69, 9.17) is 0 Å². The number of benzene rings is 1. The van der Waals surface area contributed by atoms with Gasteiger partial charge in [0.25, 0.3) is 0 Å². The molecule has 1 saturated carbocycles. The van der Waals surface area contributed by atoms with Gasteiger partial charge in [-0.05, 0) is 37.0 Å². The van der Waals surface area contributed by atoms with E-state index < -0.39 is 0 Å². The topological polar surface area (TPSA) is 40.7 Å². The molecule has 100 valence electrons. The molecule has 1 aromatic carbocycles. The summed E-state index contributed by atoms with van der Waals surface area (Å²) < 4.78 is 0. The molecule has 1 aromatic heterocycles. The number of nitrogens with one attached hydrogen (secondary N) is 2. The molecular formula is C16H21N3. The molecule has 0 amide bonds. The molecule has 19 heavy (non-hydrogen) atoms. The van der Waals surface area contributed by atoms with Crippen LogP contribution in [-0.4, -0.2) is 16.2 Å². The van der Waals surface area contributed by atoms with Gasteiger partial charge in [-0.15, -0.1) is 0 Å². The van der Waals surface area contributed by atoms with Gasteiger partial charge < -0.3 is 5.32 Å². The molecule has 2 N–H and O–H groups in total. The fourth-order valence-electron chi connectivity index (χ4n) is 2.94. The minimum Gasteiger partial charge on any atom is -0.382 e. The first kappa shape index (κ1) is 12.3. The van der Waals surface area contributed by atoms with Gasteiger partial charge in [-0.2, -0.15) is 5.10 Å². The van der Waals surface area contributed by atoms with Crippen LogP contribution >= 0.6 is 0 Å². The number of anilines is 1. The van der Waals surface area contributed by atoms with Crippen molar-refractivity contribution in [3.05, 3.63) is 36.5 Å². The van der Waals surface area contributed by atoms with Crippen LogP contribution in [0.1, 0.15) is 32.6 Å². The lowest BCUT2D eigenvalue weighted by atomic mass is 9.86. The monoisotopic (exact) mass is 255 g/mol. The summed E-state index contributed by atoms with van der Waals surface area (Å²) in [6.07, 6.45) is 7.15. The smallest absolute Gasteiger partial charge is 0.0650 e. The first-order valence-electron chi connectivity index (χ1n) is 7.19. The van der Waals surface area contributed by atoms with Crippen LogP contribution in [0.2, 0.25) is 0 Å². The summed E-state index contributed by atoms with van der Waals surface area (Å²) in [5, 5.41) is 10.7. The zero-order valence-electron chi connectivity index (χ0n) is 11.4. The van der Waals surface area contributed by atoms with Crippen molar-refractivity contribution in [3.63, 3.8) is 0 Å². The molecule has 1 aliphatic carbocycles. The summed E-state index contributed by atoms with van der Waals surface area (Å²) in [5.74, 6) is 0.768. The first-order valence-corrected chi connectivity index (χ1v) is 7.19. The third-order valence-corrected chi connectivity index (χ3v) is 4.14. The van der Waals surface area contributed by atoms with Crippen LogP contribution in [0, 0.1) is 5.92 Å². The molecule has 2 aromatic rings. The molecule has 3 nitrogen and oxygen atoms in total. The van der Waals surface area contributed by atoms with Crippen LogP contribution < -0.4 is 5.32 Å². The molecule has 2 unspecified atom stereocenters. The van der Waals surface area contributed by atoms with E-state index >= 15 is 0 Å². The third kappa shape index (κ3) is 2.80. The van der Waals surface area contributed by atoms with Gasteiger partial charge in [0.05, 0.1) is 5.69 Å². The lowest BCUT2D eigenvalue weighted by Gasteiger charge is -2.30. The van der Waals surface area contributed by atoms with Crippen LogP contribution in [0.3, 0.4) is 0 Å². The number of aromatic nitrogens is 2. The zero-order chi connectivity index (χ0) is 13.1. The van der Waals surface area contributed by atoms with Crippen LogP contribution in [0.15, 0.2) is 36.5 Å². The predicted molar refractivity (Wildman–Crippen MR) is 79.1 cm³/mol. The van der Waals surface area contributed by atoms with Gasteiger partial charge in [0.2, 0.25) is 0 Å². The Balaban J connectivity index is 1.76. The minimum atomic E-state index is 0.616. The zero-order valence-corrected chi connectivity index (χ0v) is 11.4. The van der Waals surface area contributed by atoms with Crippen molar-refractivity contribution in [3.8, 4) is 11.3 Å². The molecule has 0 spiro atoms. The summed E-state index contributed by atoms with van der Waals surface area (Å²) in [6, 6.07) is 11.2. The molecule has 2 atom stereocenters. The first-order chi connectivity index (χ1) is 9.33. The number of hydrogen-bond acceptors (Lipinski definition) is 2. The maximum Gasteiger partial charge on any atom is 0.0650 e. The van der Waals surface area contributed by atoms with Crippen LogP contribution in [0.25, 0.3) is 11.3 Å². The predicted octanol–water partition coefficient (Wildman–Crippen LogP) is 4.07. The van der Waals surface area contributed by atoms with Crippen LogP contribution in [0.4, 0.5) is 5.69 Å². The molecule has 0 bridgehead atoms. The Morgan fingerprint density at radius 2 is 2.11 bits per heavy atom. The van der Waals surface area contributed by atoms with Gasteiger partial charge in [-0.3, -0.25) is 5.10 Å². The van der Waals surface area contributed by atoms with E-state index in [2.05, 4.69) is 46.7 Å². The highest BCUT2D eigenvalue weighted by Crippen LogP contribution is 2.28. The van der Waals surface area contributed by atoms with Gasteiger partial charge in [0.1, 0.15) is 0 Å². The molecule has 0 aliphatic heterocycles. The molecule has 1 fully saturated rings. The van der Waals surface area contributed by atoms with Crippen LogP contribution in [0.5, 0.6) is 0 Å². The molecule has 3 rings (SSSR count). The summed E-state index contributed by atoms with van der Waals surface area (Å²) in [4.78, 5) is 0. The molecule has 1 heterocycles. The van der Waals surface area contributed by atoms with Gasteiger partial charge in [0.15, 0.2) is 0 Å². The second-order valence-corrected chi connectivity index (χ2v) is 5.56. The summed E-state index contributed by atoms with van der Waals surface area (Å²) in [6.45, 7) is 2.36. The quantitative estimate of drug-likeness (QED) is 0.868.